The molecule has 1 amide bonds. The second kappa shape index (κ2) is 8.08. The maximum atomic E-state index is 12.6. The summed E-state index contributed by atoms with van der Waals surface area (Å²) in [5, 5.41) is 3.06. The molecule has 1 aliphatic heterocycles. The molecule has 0 radical (unpaired) electrons. The van der Waals surface area contributed by atoms with Crippen molar-refractivity contribution in [3.63, 3.8) is 0 Å². The van der Waals surface area contributed by atoms with Crippen molar-refractivity contribution in [1.82, 2.24) is 30.7 Å². The number of para-hydroxylation sites is 2. The van der Waals surface area contributed by atoms with Crippen LogP contribution in [-0.2, 0) is 11.3 Å². The molecule has 7 nitrogen and oxygen atoms in total. The van der Waals surface area contributed by atoms with Crippen molar-refractivity contribution in [2.45, 2.75) is 44.8 Å². The smallest absolute Gasteiger partial charge is 0.238 e. The van der Waals surface area contributed by atoms with Crippen molar-refractivity contribution >= 4 is 16.9 Å². The minimum absolute atomic E-state index is 0.00134. The van der Waals surface area contributed by atoms with Gasteiger partial charge in [-0.25, -0.2) is 15.8 Å². The molecule has 7 heteroatoms. The Morgan fingerprint density at radius 2 is 2.04 bits per heavy atom. The van der Waals surface area contributed by atoms with Crippen LogP contribution in [0, 0.1) is 0 Å². The first kappa shape index (κ1) is 18.6. The van der Waals surface area contributed by atoms with E-state index < -0.39 is 0 Å². The van der Waals surface area contributed by atoms with Gasteiger partial charge in [0.1, 0.15) is 11.9 Å². The fraction of sp³-hybridized carbons (Fsp3) is 0.381. The topological polar surface area (TPSA) is 83.9 Å². The average Bonchev–Trinajstić information content (AvgIpc) is 3.34. The van der Waals surface area contributed by atoms with Gasteiger partial charge >= 0.3 is 0 Å². The molecule has 2 atom stereocenters. The second-order valence-electron chi connectivity index (χ2n) is 7.44. The van der Waals surface area contributed by atoms with E-state index in [0.717, 1.165) is 22.6 Å². The van der Waals surface area contributed by atoms with Gasteiger partial charge in [-0.1, -0.05) is 32.0 Å². The van der Waals surface area contributed by atoms with Gasteiger partial charge in [-0.3, -0.25) is 9.78 Å². The van der Waals surface area contributed by atoms with Crippen LogP contribution in [0.4, 0.5) is 0 Å². The van der Waals surface area contributed by atoms with Crippen molar-refractivity contribution in [3.8, 4) is 0 Å². The van der Waals surface area contributed by atoms with Crippen LogP contribution in [-0.4, -0.2) is 33.0 Å². The van der Waals surface area contributed by atoms with Gasteiger partial charge in [0.2, 0.25) is 5.91 Å². The molecular weight excluding hydrogens is 352 g/mol. The molecule has 0 spiro atoms. The largest absolute Gasteiger partial charge is 0.353 e. The lowest BCUT2D eigenvalue weighted by atomic mass is 10.1. The summed E-state index contributed by atoms with van der Waals surface area (Å²) in [4.78, 5) is 21.7. The van der Waals surface area contributed by atoms with Crippen LogP contribution in [0.25, 0.3) is 11.0 Å². The molecule has 0 aliphatic carbocycles. The summed E-state index contributed by atoms with van der Waals surface area (Å²) in [6.45, 7) is 5.54. The quantitative estimate of drug-likeness (QED) is 0.613. The van der Waals surface area contributed by atoms with E-state index in [-0.39, 0.29) is 18.0 Å². The fourth-order valence-electron chi connectivity index (χ4n) is 3.69. The van der Waals surface area contributed by atoms with Crippen molar-refractivity contribution in [3.05, 3.63) is 60.2 Å². The fourth-order valence-corrected chi connectivity index (χ4v) is 3.69. The van der Waals surface area contributed by atoms with E-state index in [1.54, 1.807) is 6.20 Å². The zero-order chi connectivity index (χ0) is 19.5. The highest BCUT2D eigenvalue weighted by molar-refractivity contribution is 5.82. The van der Waals surface area contributed by atoms with Crippen LogP contribution < -0.4 is 16.2 Å². The van der Waals surface area contributed by atoms with E-state index in [1.165, 1.54) is 0 Å². The first-order valence-corrected chi connectivity index (χ1v) is 9.78. The third-order valence-corrected chi connectivity index (χ3v) is 5.10. The number of pyridine rings is 1. The molecule has 3 N–H and O–H groups in total. The van der Waals surface area contributed by atoms with E-state index in [4.69, 9.17) is 4.98 Å². The number of hydrogen-bond donors (Lipinski definition) is 3. The predicted molar refractivity (Wildman–Crippen MR) is 108 cm³/mol. The van der Waals surface area contributed by atoms with Gasteiger partial charge in [0, 0.05) is 25.2 Å². The van der Waals surface area contributed by atoms with Crippen LogP contribution in [0.2, 0.25) is 0 Å². The molecule has 1 saturated heterocycles. The highest BCUT2D eigenvalue weighted by Crippen LogP contribution is 2.22. The molecule has 3 aromatic rings. The Morgan fingerprint density at radius 1 is 1.21 bits per heavy atom. The number of nitrogens with one attached hydrogen (secondary N) is 3. The summed E-state index contributed by atoms with van der Waals surface area (Å²) >= 11 is 0. The second-order valence-corrected chi connectivity index (χ2v) is 7.44. The summed E-state index contributed by atoms with van der Waals surface area (Å²) in [6, 6.07) is 13.7. The molecular formula is C21H26N6O. The maximum Gasteiger partial charge on any atom is 0.238 e. The summed E-state index contributed by atoms with van der Waals surface area (Å²) in [5.74, 6) is 1.37. The zero-order valence-electron chi connectivity index (χ0n) is 16.2. The van der Waals surface area contributed by atoms with Crippen LogP contribution in [0.1, 0.15) is 43.7 Å². The first-order chi connectivity index (χ1) is 13.6. The van der Waals surface area contributed by atoms with Crippen LogP contribution in [0.3, 0.4) is 0 Å². The molecule has 3 heterocycles. The normalized spacial score (nSPS) is 19.4. The minimum Gasteiger partial charge on any atom is -0.353 e. The van der Waals surface area contributed by atoms with E-state index in [9.17, 15) is 4.79 Å². The van der Waals surface area contributed by atoms with Crippen LogP contribution in [0.15, 0.2) is 48.7 Å². The molecule has 2 aromatic heterocycles. The monoisotopic (exact) mass is 378 g/mol. The summed E-state index contributed by atoms with van der Waals surface area (Å²) in [6.07, 6.45) is 2.44. The Morgan fingerprint density at radius 3 is 2.82 bits per heavy atom. The number of nitrogens with zero attached hydrogens (tertiary/aromatic N) is 3. The number of benzene rings is 1. The summed E-state index contributed by atoms with van der Waals surface area (Å²) in [5.41, 5.74) is 9.30. The number of fused-ring (bicyclic) bond motifs is 1. The molecule has 4 rings (SSSR count). The highest BCUT2D eigenvalue weighted by Gasteiger charge is 2.30. The number of carbonyl (C=O) groups is 1. The Kier molecular flexibility index (Phi) is 5.36. The molecule has 2 unspecified atom stereocenters. The van der Waals surface area contributed by atoms with Gasteiger partial charge < -0.3 is 9.88 Å². The molecule has 1 aromatic carbocycles. The minimum atomic E-state index is -0.267. The molecule has 28 heavy (non-hydrogen) atoms. The molecule has 0 saturated carbocycles. The molecule has 146 valence electrons. The summed E-state index contributed by atoms with van der Waals surface area (Å²) in [7, 11) is 0. The number of carbonyl (C=O) groups excluding carboxylic acids is 1. The number of hydrogen-bond acceptors (Lipinski definition) is 5. The lowest BCUT2D eigenvalue weighted by Crippen LogP contribution is -2.44. The molecule has 1 aliphatic rings. The first-order valence-electron chi connectivity index (χ1n) is 9.78. The SMILES string of the molecule is CC(C)c1nc2ccccc2n1CCNC(=O)C1CC(c2ccccn2)NN1. The predicted octanol–water partition coefficient (Wildman–Crippen LogP) is 2.28. The molecule has 1 fully saturated rings. The lowest BCUT2D eigenvalue weighted by molar-refractivity contribution is -0.122. The van der Waals surface area contributed by atoms with Crippen molar-refractivity contribution < 1.29 is 4.79 Å². The number of aromatic nitrogens is 3. The van der Waals surface area contributed by atoms with Gasteiger partial charge in [-0.2, -0.15) is 0 Å². The average molecular weight is 378 g/mol. The van der Waals surface area contributed by atoms with E-state index >= 15 is 0 Å². The van der Waals surface area contributed by atoms with Gasteiger partial charge in [-0.05, 0) is 30.7 Å². The van der Waals surface area contributed by atoms with Crippen LogP contribution in [0.5, 0.6) is 0 Å². The van der Waals surface area contributed by atoms with Gasteiger partial charge in [0.25, 0.3) is 0 Å². The number of rotatable bonds is 6. The van der Waals surface area contributed by atoms with Crippen LogP contribution >= 0.6 is 0 Å². The van der Waals surface area contributed by atoms with Crippen molar-refractivity contribution in [2.75, 3.05) is 6.54 Å². The van der Waals surface area contributed by atoms with Crippen molar-refractivity contribution in [1.29, 1.82) is 0 Å². The summed E-state index contributed by atoms with van der Waals surface area (Å²) < 4.78 is 2.21. The standard InChI is InChI=1S/C21H26N6O/c1-14(2)20-24-16-8-3-4-9-19(16)27(20)12-11-23-21(28)18-13-17(25-26-18)15-7-5-6-10-22-15/h3-10,14,17-18,25-26H,11-13H2,1-2H3,(H,23,28). The maximum absolute atomic E-state index is 12.6. The number of hydrazine groups is 1. The third kappa shape index (κ3) is 3.76. The van der Waals surface area contributed by atoms with E-state index in [0.29, 0.717) is 25.4 Å². The Bertz CT molecular complexity index is 952. The number of imidazole rings is 1. The Hall–Kier alpha value is -2.77. The molecule has 0 bridgehead atoms. The van der Waals surface area contributed by atoms with Gasteiger partial charge in [0.05, 0.1) is 22.8 Å². The lowest BCUT2D eigenvalue weighted by Gasteiger charge is -2.14. The van der Waals surface area contributed by atoms with Gasteiger partial charge in [0.15, 0.2) is 0 Å². The van der Waals surface area contributed by atoms with Crippen molar-refractivity contribution in [2.24, 2.45) is 0 Å². The zero-order valence-corrected chi connectivity index (χ0v) is 16.2. The third-order valence-electron chi connectivity index (χ3n) is 5.10. The Balaban J connectivity index is 1.36. The number of amides is 1. The van der Waals surface area contributed by atoms with Gasteiger partial charge in [-0.15, -0.1) is 0 Å². The Labute approximate surface area is 164 Å². The van der Waals surface area contributed by atoms with E-state index in [2.05, 4.69) is 45.6 Å². The highest BCUT2D eigenvalue weighted by atomic mass is 16.2. The van der Waals surface area contributed by atoms with E-state index in [1.807, 2.05) is 36.4 Å².